The summed E-state index contributed by atoms with van der Waals surface area (Å²) in [6.07, 6.45) is 3.50. The Morgan fingerprint density at radius 3 is 2.94 bits per heavy atom. The molecule has 0 aliphatic carbocycles. The molecule has 1 N–H and O–H groups in total. The van der Waals surface area contributed by atoms with Crippen LogP contribution >= 0.6 is 22.9 Å². The van der Waals surface area contributed by atoms with Crippen LogP contribution in [0.5, 0.6) is 0 Å². The zero-order valence-corrected chi connectivity index (χ0v) is 10.6. The van der Waals surface area contributed by atoms with Crippen molar-refractivity contribution in [1.82, 2.24) is 10.3 Å². The molecule has 0 radical (unpaired) electrons. The quantitative estimate of drug-likeness (QED) is 0.846. The van der Waals surface area contributed by atoms with Crippen molar-refractivity contribution in [3.05, 3.63) is 51.4 Å². The molecule has 0 bridgehead atoms. The van der Waals surface area contributed by atoms with Crippen molar-refractivity contribution < 1.29 is 4.79 Å². The van der Waals surface area contributed by atoms with Gasteiger partial charge in [-0.3, -0.25) is 9.78 Å². The zero-order chi connectivity index (χ0) is 12.1. The largest absolute Gasteiger partial charge is 0.306 e. The summed E-state index contributed by atoms with van der Waals surface area (Å²) in [6.45, 7) is 0.949. The van der Waals surface area contributed by atoms with Gasteiger partial charge in [-0.1, -0.05) is 17.7 Å². The van der Waals surface area contributed by atoms with Crippen LogP contribution in [-0.2, 0) is 6.54 Å². The van der Waals surface area contributed by atoms with Crippen molar-refractivity contribution in [2.24, 2.45) is 0 Å². The van der Waals surface area contributed by atoms with E-state index in [0.29, 0.717) is 22.3 Å². The van der Waals surface area contributed by atoms with Crippen LogP contribution in [0.2, 0.25) is 4.34 Å². The number of halogens is 1. The van der Waals surface area contributed by atoms with Crippen LogP contribution in [0, 0.1) is 0 Å². The molecule has 3 nitrogen and oxygen atoms in total. The number of pyridine rings is 1. The van der Waals surface area contributed by atoms with Crippen LogP contribution in [0.4, 0.5) is 0 Å². The molecule has 0 aliphatic rings. The van der Waals surface area contributed by atoms with Crippen molar-refractivity contribution in [3.8, 4) is 0 Å². The molecule has 0 aliphatic heterocycles. The van der Waals surface area contributed by atoms with Gasteiger partial charge in [-0.2, -0.15) is 0 Å². The number of thiophene rings is 1. The van der Waals surface area contributed by atoms with E-state index in [9.17, 15) is 4.79 Å². The Hall–Kier alpha value is -1.23. The lowest BCUT2D eigenvalue weighted by atomic mass is 10.2. The highest BCUT2D eigenvalue weighted by atomic mass is 35.5. The first-order chi connectivity index (χ1) is 8.25. The van der Waals surface area contributed by atoms with Gasteiger partial charge >= 0.3 is 0 Å². The minimum atomic E-state index is 0.0609. The van der Waals surface area contributed by atoms with Crippen LogP contribution in [0.25, 0.3) is 0 Å². The van der Waals surface area contributed by atoms with Crippen molar-refractivity contribution in [2.75, 3.05) is 6.54 Å². The third kappa shape index (κ3) is 3.63. The van der Waals surface area contributed by atoms with Gasteiger partial charge in [0.2, 0.25) is 0 Å². The molecule has 5 heteroatoms. The molecular formula is C12H11ClN2OS. The molecule has 88 valence electrons. The number of ketones is 1. The number of rotatable bonds is 5. The van der Waals surface area contributed by atoms with E-state index in [1.165, 1.54) is 11.3 Å². The fraction of sp³-hybridized carbons (Fsp3) is 0.167. The first-order valence-electron chi connectivity index (χ1n) is 5.14. The summed E-state index contributed by atoms with van der Waals surface area (Å²) >= 11 is 7.08. The lowest BCUT2D eigenvalue weighted by Gasteiger charge is -2.02. The van der Waals surface area contributed by atoms with E-state index in [-0.39, 0.29) is 5.78 Å². The Labute approximate surface area is 108 Å². The highest BCUT2D eigenvalue weighted by Crippen LogP contribution is 2.21. The first-order valence-corrected chi connectivity index (χ1v) is 6.33. The maximum atomic E-state index is 11.7. The second-order valence-corrected chi connectivity index (χ2v) is 5.21. The summed E-state index contributed by atoms with van der Waals surface area (Å²) in [4.78, 5) is 16.4. The van der Waals surface area contributed by atoms with Gasteiger partial charge in [-0.15, -0.1) is 11.3 Å². The van der Waals surface area contributed by atoms with Crippen LogP contribution in [-0.4, -0.2) is 17.3 Å². The molecular weight excluding hydrogens is 256 g/mol. The molecule has 0 spiro atoms. The van der Waals surface area contributed by atoms with Crippen LogP contribution in [0.3, 0.4) is 0 Å². The average molecular weight is 267 g/mol. The smallest absolute Gasteiger partial charge is 0.186 e. The van der Waals surface area contributed by atoms with Crippen LogP contribution < -0.4 is 5.32 Å². The minimum absolute atomic E-state index is 0.0609. The highest BCUT2D eigenvalue weighted by molar-refractivity contribution is 7.18. The normalized spacial score (nSPS) is 10.4. The number of nitrogens with one attached hydrogen (secondary N) is 1. The van der Waals surface area contributed by atoms with Crippen LogP contribution in [0.1, 0.15) is 15.2 Å². The Bertz CT molecular complexity index is 498. The van der Waals surface area contributed by atoms with Crippen molar-refractivity contribution >= 4 is 28.7 Å². The molecule has 2 aromatic heterocycles. The summed E-state index contributed by atoms with van der Waals surface area (Å²) < 4.78 is 0.639. The lowest BCUT2D eigenvalue weighted by Crippen LogP contribution is -2.22. The second kappa shape index (κ2) is 5.91. The zero-order valence-electron chi connectivity index (χ0n) is 9.02. The van der Waals surface area contributed by atoms with Gasteiger partial charge in [-0.25, -0.2) is 0 Å². The predicted molar refractivity (Wildman–Crippen MR) is 69.6 cm³/mol. The van der Waals surface area contributed by atoms with E-state index in [0.717, 1.165) is 5.56 Å². The maximum Gasteiger partial charge on any atom is 0.186 e. The number of hydrogen-bond donors (Lipinski definition) is 1. The Kier molecular flexibility index (Phi) is 4.25. The van der Waals surface area contributed by atoms with E-state index in [1.807, 2.05) is 12.1 Å². The Balaban J connectivity index is 1.81. The number of carbonyl (C=O) groups excluding carboxylic acids is 1. The lowest BCUT2D eigenvalue weighted by molar-refractivity contribution is 0.0994. The molecule has 0 atom stereocenters. The van der Waals surface area contributed by atoms with Crippen molar-refractivity contribution in [3.63, 3.8) is 0 Å². The topological polar surface area (TPSA) is 42.0 Å². The van der Waals surface area contributed by atoms with Gasteiger partial charge in [0.1, 0.15) is 0 Å². The van der Waals surface area contributed by atoms with Crippen LogP contribution in [0.15, 0.2) is 36.7 Å². The number of carbonyl (C=O) groups is 1. The molecule has 2 aromatic rings. The summed E-state index contributed by atoms with van der Waals surface area (Å²) in [6, 6.07) is 7.33. The van der Waals surface area contributed by atoms with Gasteiger partial charge in [0.25, 0.3) is 0 Å². The Morgan fingerprint density at radius 1 is 1.41 bits per heavy atom. The summed E-state index contributed by atoms with van der Waals surface area (Å²) in [5.41, 5.74) is 1.06. The summed E-state index contributed by atoms with van der Waals surface area (Å²) in [7, 11) is 0. The molecule has 0 amide bonds. The average Bonchev–Trinajstić information content (AvgIpc) is 2.77. The summed E-state index contributed by atoms with van der Waals surface area (Å²) in [5, 5.41) is 3.08. The number of aromatic nitrogens is 1. The minimum Gasteiger partial charge on any atom is -0.306 e. The summed E-state index contributed by atoms with van der Waals surface area (Å²) in [5.74, 6) is 0.0609. The molecule has 2 heterocycles. The van der Waals surface area contributed by atoms with Gasteiger partial charge in [0.05, 0.1) is 15.8 Å². The Morgan fingerprint density at radius 2 is 2.29 bits per heavy atom. The number of Topliss-reactive ketones (excluding diaryl/α,β-unsaturated/α-hetero) is 1. The van der Waals surface area contributed by atoms with E-state index in [4.69, 9.17) is 11.6 Å². The van der Waals surface area contributed by atoms with E-state index in [2.05, 4.69) is 10.3 Å². The molecule has 0 unspecified atom stereocenters. The van der Waals surface area contributed by atoms with Gasteiger partial charge in [0.15, 0.2) is 5.78 Å². The number of hydrogen-bond acceptors (Lipinski definition) is 4. The molecule has 0 saturated carbocycles. The van der Waals surface area contributed by atoms with Crippen molar-refractivity contribution in [2.45, 2.75) is 6.54 Å². The fourth-order valence-electron chi connectivity index (χ4n) is 1.37. The molecule has 17 heavy (non-hydrogen) atoms. The number of nitrogens with zero attached hydrogens (tertiary/aromatic N) is 1. The first kappa shape index (κ1) is 12.2. The third-order valence-corrected chi connectivity index (χ3v) is 3.46. The SMILES string of the molecule is O=C(CNCc1cccnc1)c1ccc(Cl)s1. The fourth-order valence-corrected chi connectivity index (χ4v) is 2.35. The maximum absolute atomic E-state index is 11.7. The second-order valence-electron chi connectivity index (χ2n) is 3.49. The van der Waals surface area contributed by atoms with E-state index >= 15 is 0 Å². The van der Waals surface area contributed by atoms with Crippen molar-refractivity contribution in [1.29, 1.82) is 0 Å². The molecule has 0 saturated heterocycles. The third-order valence-electron chi connectivity index (χ3n) is 2.19. The molecule has 2 rings (SSSR count). The van der Waals surface area contributed by atoms with Gasteiger partial charge < -0.3 is 5.32 Å². The highest BCUT2D eigenvalue weighted by Gasteiger charge is 2.07. The van der Waals surface area contributed by atoms with E-state index in [1.54, 1.807) is 24.5 Å². The monoisotopic (exact) mass is 266 g/mol. The standard InChI is InChI=1S/C12H11ClN2OS/c13-12-4-3-11(17-12)10(16)8-15-7-9-2-1-5-14-6-9/h1-6,15H,7-8H2. The van der Waals surface area contributed by atoms with E-state index < -0.39 is 0 Å². The van der Waals surface area contributed by atoms with Gasteiger partial charge in [0, 0.05) is 18.9 Å². The molecule has 0 aromatic carbocycles. The van der Waals surface area contributed by atoms with Gasteiger partial charge in [-0.05, 0) is 23.8 Å². The predicted octanol–water partition coefficient (Wildman–Crippen LogP) is 2.77. The molecule has 0 fully saturated rings.